The van der Waals surface area contributed by atoms with Gasteiger partial charge in [0.2, 0.25) is 5.91 Å². The number of rotatable bonds is 7. The highest BCUT2D eigenvalue weighted by Crippen LogP contribution is 2.30. The highest BCUT2D eigenvalue weighted by atomic mass is 35.5. The smallest absolute Gasteiger partial charge is 0.220 e. The predicted octanol–water partition coefficient (Wildman–Crippen LogP) is 4.13. The summed E-state index contributed by atoms with van der Waals surface area (Å²) in [6.45, 7) is 3.49. The Morgan fingerprint density at radius 2 is 1.97 bits per heavy atom. The van der Waals surface area contributed by atoms with Crippen LogP contribution in [0.25, 0.3) is 11.3 Å². The van der Waals surface area contributed by atoms with E-state index >= 15 is 0 Å². The number of oxazole rings is 1. The van der Waals surface area contributed by atoms with Gasteiger partial charge in [0.1, 0.15) is 5.82 Å². The first-order chi connectivity index (χ1) is 15.1. The van der Waals surface area contributed by atoms with E-state index in [1.54, 1.807) is 30.6 Å². The van der Waals surface area contributed by atoms with E-state index in [-0.39, 0.29) is 12.3 Å². The molecule has 1 aromatic carbocycles. The third-order valence-electron chi connectivity index (χ3n) is 4.95. The molecule has 3 heterocycles. The molecule has 0 aliphatic carbocycles. The van der Waals surface area contributed by atoms with Crippen LogP contribution in [-0.2, 0) is 22.5 Å². The second-order valence-electron chi connectivity index (χ2n) is 7.14. The van der Waals surface area contributed by atoms with Gasteiger partial charge < -0.3 is 19.4 Å². The lowest BCUT2D eigenvalue weighted by Crippen LogP contribution is -2.36. The number of hydrogen-bond donors (Lipinski definition) is 1. The molecule has 4 rings (SSSR count). The maximum atomic E-state index is 12.3. The van der Waals surface area contributed by atoms with Crippen molar-refractivity contribution < 1.29 is 13.9 Å². The quantitative estimate of drug-likeness (QED) is 0.570. The molecule has 7 nitrogen and oxygen atoms in total. The molecule has 9 heteroatoms. The van der Waals surface area contributed by atoms with E-state index in [0.717, 1.165) is 24.5 Å². The number of pyridine rings is 1. The fourth-order valence-corrected chi connectivity index (χ4v) is 3.79. The Morgan fingerprint density at radius 3 is 2.77 bits per heavy atom. The van der Waals surface area contributed by atoms with Crippen LogP contribution in [0.3, 0.4) is 0 Å². The highest BCUT2D eigenvalue weighted by Gasteiger charge is 2.14. The van der Waals surface area contributed by atoms with Gasteiger partial charge in [0.15, 0.2) is 11.7 Å². The Kier molecular flexibility index (Phi) is 7.06. The van der Waals surface area contributed by atoms with Crippen LogP contribution in [-0.4, -0.2) is 42.2 Å². The van der Waals surface area contributed by atoms with Crippen molar-refractivity contribution in [3.8, 4) is 11.3 Å². The Bertz CT molecular complexity index is 1050. The molecule has 0 spiro atoms. The topological polar surface area (TPSA) is 80.5 Å². The van der Waals surface area contributed by atoms with Gasteiger partial charge in [-0.2, -0.15) is 0 Å². The van der Waals surface area contributed by atoms with E-state index in [1.165, 1.54) is 0 Å². The Hall–Kier alpha value is -2.61. The molecule has 162 valence electrons. The van der Waals surface area contributed by atoms with Crippen LogP contribution in [0.4, 0.5) is 5.82 Å². The molecule has 0 saturated carbocycles. The molecule has 1 aliphatic rings. The molecule has 31 heavy (non-hydrogen) atoms. The minimum atomic E-state index is -0.0750. The first-order valence-electron chi connectivity index (χ1n) is 10.0. The SMILES string of the molecule is O=C(CCc1ncc(-c2ccc(Cl)cc2Cl)o1)NCc1ccnc(N2CCOCC2)c1. The van der Waals surface area contributed by atoms with E-state index in [2.05, 4.69) is 20.2 Å². The van der Waals surface area contributed by atoms with E-state index in [1.807, 2.05) is 12.1 Å². The molecule has 0 bridgehead atoms. The molecule has 1 saturated heterocycles. The molecule has 0 unspecified atom stereocenters. The number of nitrogens with one attached hydrogen (secondary N) is 1. The molecular weight excluding hydrogens is 439 g/mol. The zero-order chi connectivity index (χ0) is 21.6. The number of nitrogens with zero attached hydrogens (tertiary/aromatic N) is 3. The summed E-state index contributed by atoms with van der Waals surface area (Å²) < 4.78 is 11.1. The summed E-state index contributed by atoms with van der Waals surface area (Å²) in [5, 5.41) is 3.98. The van der Waals surface area contributed by atoms with Crippen molar-refractivity contribution in [3.05, 3.63) is 64.2 Å². The number of aromatic nitrogens is 2. The van der Waals surface area contributed by atoms with Gasteiger partial charge in [-0.05, 0) is 35.9 Å². The number of halogens is 2. The lowest BCUT2D eigenvalue weighted by molar-refractivity contribution is -0.121. The maximum absolute atomic E-state index is 12.3. The summed E-state index contributed by atoms with van der Waals surface area (Å²) in [5.74, 6) is 1.86. The number of morpholine rings is 1. The van der Waals surface area contributed by atoms with Gasteiger partial charge in [-0.25, -0.2) is 9.97 Å². The maximum Gasteiger partial charge on any atom is 0.220 e. The largest absolute Gasteiger partial charge is 0.441 e. The summed E-state index contributed by atoms with van der Waals surface area (Å²) in [4.78, 5) is 23.1. The number of aryl methyl sites for hydroxylation is 1. The standard InChI is InChI=1S/C22H22Cl2N4O3/c23-16-1-2-17(18(24)12-16)19-14-27-22(31-19)4-3-21(29)26-13-15-5-6-25-20(11-15)28-7-9-30-10-8-28/h1-2,5-6,11-12,14H,3-4,7-10,13H2,(H,26,29). The van der Waals surface area contributed by atoms with Crippen molar-refractivity contribution in [1.29, 1.82) is 0 Å². The lowest BCUT2D eigenvalue weighted by Gasteiger charge is -2.28. The van der Waals surface area contributed by atoms with Crippen molar-refractivity contribution in [2.75, 3.05) is 31.2 Å². The number of ether oxygens (including phenoxy) is 1. The van der Waals surface area contributed by atoms with Crippen LogP contribution in [0.15, 0.2) is 47.1 Å². The summed E-state index contributed by atoms with van der Waals surface area (Å²) in [7, 11) is 0. The van der Waals surface area contributed by atoms with Gasteiger partial charge in [0, 0.05) is 49.3 Å². The minimum absolute atomic E-state index is 0.0750. The van der Waals surface area contributed by atoms with E-state index in [4.69, 9.17) is 32.4 Å². The molecule has 2 aromatic heterocycles. The fraction of sp³-hybridized carbons (Fsp3) is 0.318. The number of amides is 1. The number of anilines is 1. The van der Waals surface area contributed by atoms with Crippen LogP contribution >= 0.6 is 23.2 Å². The van der Waals surface area contributed by atoms with Crippen molar-refractivity contribution in [2.45, 2.75) is 19.4 Å². The van der Waals surface area contributed by atoms with Gasteiger partial charge in [0.25, 0.3) is 0 Å². The minimum Gasteiger partial charge on any atom is -0.441 e. The summed E-state index contributed by atoms with van der Waals surface area (Å²) in [6, 6.07) is 9.07. The van der Waals surface area contributed by atoms with Crippen LogP contribution in [0.2, 0.25) is 10.0 Å². The average Bonchev–Trinajstić information content (AvgIpc) is 3.26. The van der Waals surface area contributed by atoms with Gasteiger partial charge in [-0.1, -0.05) is 23.2 Å². The van der Waals surface area contributed by atoms with Crippen LogP contribution in [0.5, 0.6) is 0 Å². The zero-order valence-electron chi connectivity index (χ0n) is 16.8. The molecule has 1 amide bonds. The average molecular weight is 461 g/mol. The van der Waals surface area contributed by atoms with Gasteiger partial charge >= 0.3 is 0 Å². The summed E-state index contributed by atoms with van der Waals surface area (Å²) in [6.07, 6.45) is 4.04. The molecule has 0 atom stereocenters. The molecule has 0 radical (unpaired) electrons. The Balaban J connectivity index is 1.28. The highest BCUT2D eigenvalue weighted by molar-refractivity contribution is 6.36. The first kappa shape index (κ1) is 21.6. The number of carbonyl (C=O) groups is 1. The third kappa shape index (κ3) is 5.76. The van der Waals surface area contributed by atoms with Crippen molar-refractivity contribution in [1.82, 2.24) is 15.3 Å². The van der Waals surface area contributed by atoms with E-state index in [0.29, 0.717) is 53.4 Å². The Labute approximate surface area is 190 Å². The van der Waals surface area contributed by atoms with Gasteiger partial charge in [-0.15, -0.1) is 0 Å². The van der Waals surface area contributed by atoms with Gasteiger partial charge in [0.05, 0.1) is 24.4 Å². The number of carbonyl (C=O) groups excluding carboxylic acids is 1. The molecule has 3 aromatic rings. The summed E-state index contributed by atoms with van der Waals surface area (Å²) >= 11 is 12.1. The van der Waals surface area contributed by atoms with Gasteiger partial charge in [-0.3, -0.25) is 4.79 Å². The summed E-state index contributed by atoms with van der Waals surface area (Å²) in [5.41, 5.74) is 1.71. The van der Waals surface area contributed by atoms with Crippen molar-refractivity contribution >= 4 is 34.9 Å². The van der Waals surface area contributed by atoms with Crippen LogP contribution in [0.1, 0.15) is 17.9 Å². The monoisotopic (exact) mass is 460 g/mol. The second-order valence-corrected chi connectivity index (χ2v) is 7.98. The Morgan fingerprint density at radius 1 is 1.13 bits per heavy atom. The fourth-order valence-electron chi connectivity index (χ4n) is 3.29. The third-order valence-corrected chi connectivity index (χ3v) is 5.50. The zero-order valence-corrected chi connectivity index (χ0v) is 18.3. The lowest BCUT2D eigenvalue weighted by atomic mass is 10.2. The first-order valence-corrected chi connectivity index (χ1v) is 10.8. The molecule has 1 aliphatic heterocycles. The number of benzene rings is 1. The molecule has 1 N–H and O–H groups in total. The van der Waals surface area contributed by atoms with Crippen molar-refractivity contribution in [3.63, 3.8) is 0 Å². The van der Waals surface area contributed by atoms with Crippen molar-refractivity contribution in [2.24, 2.45) is 0 Å². The molecular formula is C22H22Cl2N4O3. The number of hydrogen-bond acceptors (Lipinski definition) is 6. The van der Waals surface area contributed by atoms with E-state index < -0.39 is 0 Å². The predicted molar refractivity (Wildman–Crippen MR) is 119 cm³/mol. The molecule has 1 fully saturated rings. The normalized spacial score (nSPS) is 13.9. The van der Waals surface area contributed by atoms with Crippen LogP contribution < -0.4 is 10.2 Å². The van der Waals surface area contributed by atoms with Crippen LogP contribution in [0, 0.1) is 0 Å². The van der Waals surface area contributed by atoms with E-state index in [9.17, 15) is 4.79 Å². The second kappa shape index (κ2) is 10.1.